The maximum atomic E-state index is 12.8. The number of nitrogens with zero attached hydrogens (tertiary/aromatic N) is 3. The third-order valence-electron chi connectivity index (χ3n) is 3.07. The summed E-state index contributed by atoms with van der Waals surface area (Å²) in [6.07, 6.45) is -0.745. The first-order valence-electron chi connectivity index (χ1n) is 5.50. The SMILES string of the molecule is CC(O)C(C(=O)O)n1cnnc1C1CC(F)(F)C1. The number of carboxylic acids is 1. The number of hydrogen-bond acceptors (Lipinski definition) is 4. The second-order valence-corrected chi connectivity index (χ2v) is 4.58. The zero-order chi connectivity index (χ0) is 13.5. The molecule has 0 amide bonds. The highest BCUT2D eigenvalue weighted by molar-refractivity contribution is 5.72. The summed E-state index contributed by atoms with van der Waals surface area (Å²) >= 11 is 0. The van der Waals surface area contributed by atoms with Crippen LogP contribution in [0.4, 0.5) is 8.78 Å². The van der Waals surface area contributed by atoms with Crippen molar-refractivity contribution in [3.8, 4) is 0 Å². The molecule has 100 valence electrons. The van der Waals surface area contributed by atoms with Crippen molar-refractivity contribution in [2.24, 2.45) is 0 Å². The number of aliphatic hydroxyl groups is 1. The van der Waals surface area contributed by atoms with Crippen LogP contribution in [0, 0.1) is 0 Å². The topological polar surface area (TPSA) is 88.2 Å². The van der Waals surface area contributed by atoms with Crippen LogP contribution in [0.5, 0.6) is 0 Å². The fourth-order valence-electron chi connectivity index (χ4n) is 2.16. The summed E-state index contributed by atoms with van der Waals surface area (Å²) in [5.41, 5.74) is 0. The highest BCUT2D eigenvalue weighted by Gasteiger charge is 2.48. The largest absolute Gasteiger partial charge is 0.480 e. The third kappa shape index (κ3) is 2.20. The van der Waals surface area contributed by atoms with Gasteiger partial charge in [0.25, 0.3) is 0 Å². The van der Waals surface area contributed by atoms with Crippen LogP contribution in [-0.4, -0.2) is 43.0 Å². The summed E-state index contributed by atoms with van der Waals surface area (Å²) in [6.45, 7) is 1.32. The average molecular weight is 261 g/mol. The van der Waals surface area contributed by atoms with Crippen molar-refractivity contribution in [3.05, 3.63) is 12.2 Å². The van der Waals surface area contributed by atoms with E-state index < -0.39 is 30.0 Å². The highest BCUT2D eigenvalue weighted by atomic mass is 19.3. The number of rotatable bonds is 4. The molecule has 8 heteroatoms. The van der Waals surface area contributed by atoms with Gasteiger partial charge in [-0.25, -0.2) is 13.6 Å². The van der Waals surface area contributed by atoms with Gasteiger partial charge >= 0.3 is 5.97 Å². The van der Waals surface area contributed by atoms with Gasteiger partial charge in [-0.3, -0.25) is 0 Å². The molecule has 2 atom stereocenters. The van der Waals surface area contributed by atoms with Crippen LogP contribution < -0.4 is 0 Å². The van der Waals surface area contributed by atoms with Gasteiger partial charge in [0, 0.05) is 18.8 Å². The van der Waals surface area contributed by atoms with E-state index in [1.165, 1.54) is 6.92 Å². The van der Waals surface area contributed by atoms with Gasteiger partial charge < -0.3 is 14.8 Å². The first-order valence-corrected chi connectivity index (χ1v) is 5.50. The lowest BCUT2D eigenvalue weighted by Crippen LogP contribution is -2.37. The van der Waals surface area contributed by atoms with Crippen molar-refractivity contribution in [2.75, 3.05) is 0 Å². The van der Waals surface area contributed by atoms with Gasteiger partial charge in [0.15, 0.2) is 6.04 Å². The smallest absolute Gasteiger partial charge is 0.329 e. The number of alkyl halides is 2. The predicted octanol–water partition coefficient (Wildman–Crippen LogP) is 0.797. The van der Waals surface area contributed by atoms with Crippen molar-refractivity contribution in [2.45, 2.75) is 43.8 Å². The van der Waals surface area contributed by atoms with Gasteiger partial charge in [0.05, 0.1) is 6.10 Å². The van der Waals surface area contributed by atoms with E-state index in [0.717, 1.165) is 10.9 Å². The van der Waals surface area contributed by atoms with Crippen LogP contribution in [0.2, 0.25) is 0 Å². The molecule has 18 heavy (non-hydrogen) atoms. The van der Waals surface area contributed by atoms with Crippen molar-refractivity contribution < 1.29 is 23.8 Å². The molecular weight excluding hydrogens is 248 g/mol. The molecule has 1 heterocycles. The molecular formula is C10H13F2N3O3. The standard InChI is InChI=1S/C10H13F2N3O3/c1-5(16)7(9(17)18)15-4-13-14-8(15)6-2-10(11,12)3-6/h4-7,16H,2-3H2,1H3,(H,17,18). The quantitative estimate of drug-likeness (QED) is 0.836. The van der Waals surface area contributed by atoms with Crippen molar-refractivity contribution in [1.82, 2.24) is 14.8 Å². The molecule has 0 spiro atoms. The van der Waals surface area contributed by atoms with Crippen molar-refractivity contribution in [3.63, 3.8) is 0 Å². The zero-order valence-corrected chi connectivity index (χ0v) is 9.62. The summed E-state index contributed by atoms with van der Waals surface area (Å²) in [4.78, 5) is 11.1. The van der Waals surface area contributed by atoms with E-state index in [-0.39, 0.29) is 18.7 Å². The maximum absolute atomic E-state index is 12.8. The summed E-state index contributed by atoms with van der Waals surface area (Å²) in [7, 11) is 0. The van der Waals surface area contributed by atoms with Gasteiger partial charge in [-0.05, 0) is 6.92 Å². The molecule has 0 radical (unpaired) electrons. The fourth-order valence-corrected chi connectivity index (χ4v) is 2.16. The number of carbonyl (C=O) groups is 1. The van der Waals surface area contributed by atoms with E-state index >= 15 is 0 Å². The molecule has 6 nitrogen and oxygen atoms in total. The minimum atomic E-state index is -2.72. The van der Waals surface area contributed by atoms with Crippen LogP contribution in [0.1, 0.15) is 37.5 Å². The maximum Gasteiger partial charge on any atom is 0.329 e. The Hall–Kier alpha value is -1.57. The average Bonchev–Trinajstić information content (AvgIpc) is 2.61. The van der Waals surface area contributed by atoms with Crippen LogP contribution in [0.3, 0.4) is 0 Å². The van der Waals surface area contributed by atoms with E-state index in [1.54, 1.807) is 0 Å². The molecule has 2 N–H and O–H groups in total. The summed E-state index contributed by atoms with van der Waals surface area (Å²) in [5.74, 6) is -4.29. The molecule has 1 aromatic rings. The predicted molar refractivity (Wildman–Crippen MR) is 55.3 cm³/mol. The molecule has 0 aliphatic heterocycles. The van der Waals surface area contributed by atoms with Gasteiger partial charge in [-0.15, -0.1) is 10.2 Å². The Morgan fingerprint density at radius 2 is 2.22 bits per heavy atom. The molecule has 1 aliphatic carbocycles. The minimum Gasteiger partial charge on any atom is -0.480 e. The Morgan fingerprint density at radius 1 is 1.61 bits per heavy atom. The van der Waals surface area contributed by atoms with Crippen molar-refractivity contribution >= 4 is 5.97 Å². The first-order chi connectivity index (χ1) is 8.32. The zero-order valence-electron chi connectivity index (χ0n) is 9.62. The third-order valence-corrected chi connectivity index (χ3v) is 3.07. The Morgan fingerprint density at radius 3 is 2.67 bits per heavy atom. The molecule has 0 bridgehead atoms. The number of hydrogen-bond donors (Lipinski definition) is 2. The fraction of sp³-hybridized carbons (Fsp3) is 0.700. The molecule has 2 rings (SSSR count). The van der Waals surface area contributed by atoms with Gasteiger partial charge in [-0.2, -0.15) is 0 Å². The lowest BCUT2D eigenvalue weighted by Gasteiger charge is -2.34. The number of halogens is 2. The van der Waals surface area contributed by atoms with Crippen LogP contribution in [-0.2, 0) is 4.79 Å². The molecule has 1 aliphatic rings. The molecule has 1 fully saturated rings. The lowest BCUT2D eigenvalue weighted by atomic mass is 9.80. The van der Waals surface area contributed by atoms with Crippen LogP contribution in [0.25, 0.3) is 0 Å². The van der Waals surface area contributed by atoms with E-state index in [9.17, 15) is 18.7 Å². The Balaban J connectivity index is 2.25. The lowest BCUT2D eigenvalue weighted by molar-refractivity contribution is -0.144. The van der Waals surface area contributed by atoms with Crippen molar-refractivity contribution in [1.29, 1.82) is 0 Å². The van der Waals surface area contributed by atoms with E-state index in [0.29, 0.717) is 0 Å². The van der Waals surface area contributed by atoms with E-state index in [2.05, 4.69) is 10.2 Å². The van der Waals surface area contributed by atoms with Crippen LogP contribution >= 0.6 is 0 Å². The second kappa shape index (κ2) is 4.27. The highest BCUT2D eigenvalue weighted by Crippen LogP contribution is 2.47. The molecule has 1 saturated carbocycles. The Labute approximate surface area is 101 Å². The molecule has 0 saturated heterocycles. The van der Waals surface area contributed by atoms with Crippen LogP contribution in [0.15, 0.2) is 6.33 Å². The van der Waals surface area contributed by atoms with E-state index in [4.69, 9.17) is 5.11 Å². The molecule has 0 aromatic carbocycles. The van der Waals surface area contributed by atoms with Gasteiger partial charge in [0.1, 0.15) is 12.2 Å². The number of carboxylic acid groups (broad SMARTS) is 1. The first kappa shape index (κ1) is 12.9. The van der Waals surface area contributed by atoms with Gasteiger partial charge in [0.2, 0.25) is 5.92 Å². The van der Waals surface area contributed by atoms with E-state index in [1.807, 2.05) is 0 Å². The summed E-state index contributed by atoms with van der Waals surface area (Å²) in [6, 6.07) is -1.26. The molecule has 1 aromatic heterocycles. The Bertz CT molecular complexity index is 453. The second-order valence-electron chi connectivity index (χ2n) is 4.58. The Kier molecular flexibility index (Phi) is 3.05. The number of aromatic nitrogens is 3. The minimum absolute atomic E-state index is 0.189. The number of aliphatic carboxylic acids is 1. The normalized spacial score (nSPS) is 22.2. The summed E-state index contributed by atoms with van der Waals surface area (Å²) < 4.78 is 26.8. The van der Waals surface area contributed by atoms with Gasteiger partial charge in [-0.1, -0.05) is 0 Å². The number of aliphatic hydroxyl groups excluding tert-OH is 1. The monoisotopic (exact) mass is 261 g/mol. The molecule has 2 unspecified atom stereocenters. The summed E-state index contributed by atoms with van der Waals surface area (Å²) in [5, 5.41) is 25.7.